The maximum atomic E-state index is 12.0. The van der Waals surface area contributed by atoms with E-state index in [2.05, 4.69) is 0 Å². The SMILES string of the molecule is CC(C)(C(=O)O)c1cc(O)c2c(c1)OC(C)(C)C1CCC(=O)C[C@@H]21. The molecule has 24 heavy (non-hydrogen) atoms. The molecule has 1 unspecified atom stereocenters. The minimum atomic E-state index is -1.14. The summed E-state index contributed by atoms with van der Waals surface area (Å²) in [6.45, 7) is 7.18. The number of Topliss-reactive ketones (excluding diaryl/α,β-unsaturated/α-hetero) is 1. The molecule has 130 valence electrons. The third-order valence-corrected chi connectivity index (χ3v) is 5.68. The van der Waals surface area contributed by atoms with Crippen molar-refractivity contribution in [2.45, 2.75) is 63.9 Å². The van der Waals surface area contributed by atoms with Crippen molar-refractivity contribution in [3.05, 3.63) is 23.3 Å². The summed E-state index contributed by atoms with van der Waals surface area (Å²) in [4.78, 5) is 23.5. The summed E-state index contributed by atoms with van der Waals surface area (Å²) < 4.78 is 6.16. The first-order chi connectivity index (χ1) is 11.0. The van der Waals surface area contributed by atoms with Gasteiger partial charge in [0.25, 0.3) is 0 Å². The molecule has 1 saturated carbocycles. The normalized spacial score (nSPS) is 25.4. The molecule has 3 rings (SSSR count). The van der Waals surface area contributed by atoms with E-state index in [4.69, 9.17) is 4.74 Å². The molecule has 0 radical (unpaired) electrons. The van der Waals surface area contributed by atoms with Crippen LogP contribution in [0, 0.1) is 5.92 Å². The minimum Gasteiger partial charge on any atom is -0.508 e. The van der Waals surface area contributed by atoms with E-state index in [1.54, 1.807) is 19.9 Å². The first-order valence-corrected chi connectivity index (χ1v) is 8.35. The van der Waals surface area contributed by atoms with Crippen molar-refractivity contribution in [2.24, 2.45) is 5.92 Å². The number of hydrogen-bond donors (Lipinski definition) is 2. The lowest BCUT2D eigenvalue weighted by Crippen LogP contribution is -2.47. The number of rotatable bonds is 2. The van der Waals surface area contributed by atoms with Crippen LogP contribution in [0.4, 0.5) is 0 Å². The van der Waals surface area contributed by atoms with Gasteiger partial charge in [-0.05, 0) is 51.8 Å². The van der Waals surface area contributed by atoms with Gasteiger partial charge in [0, 0.05) is 30.2 Å². The van der Waals surface area contributed by atoms with E-state index in [9.17, 15) is 19.8 Å². The Kier molecular flexibility index (Phi) is 3.66. The van der Waals surface area contributed by atoms with Crippen LogP contribution in [-0.4, -0.2) is 27.6 Å². The predicted molar refractivity (Wildman–Crippen MR) is 88.6 cm³/mol. The Hall–Kier alpha value is -2.04. The van der Waals surface area contributed by atoms with Crippen molar-refractivity contribution < 1.29 is 24.5 Å². The van der Waals surface area contributed by atoms with Crippen LogP contribution in [0.1, 0.15) is 64.0 Å². The molecular formula is C19H24O5. The lowest BCUT2D eigenvalue weighted by Gasteiger charge is -2.47. The zero-order chi connectivity index (χ0) is 17.9. The second-order valence-electron chi connectivity index (χ2n) is 8.04. The van der Waals surface area contributed by atoms with E-state index in [0.717, 1.165) is 6.42 Å². The van der Waals surface area contributed by atoms with Gasteiger partial charge in [-0.25, -0.2) is 0 Å². The Morgan fingerprint density at radius 3 is 2.62 bits per heavy atom. The molecule has 1 aliphatic carbocycles. The monoisotopic (exact) mass is 332 g/mol. The van der Waals surface area contributed by atoms with Gasteiger partial charge in [-0.2, -0.15) is 0 Å². The average molecular weight is 332 g/mol. The van der Waals surface area contributed by atoms with Crippen LogP contribution in [0.3, 0.4) is 0 Å². The molecule has 2 aliphatic rings. The zero-order valence-corrected chi connectivity index (χ0v) is 14.5. The first kappa shape index (κ1) is 16.8. The van der Waals surface area contributed by atoms with Crippen LogP contribution in [-0.2, 0) is 15.0 Å². The van der Waals surface area contributed by atoms with E-state index in [1.165, 1.54) is 6.07 Å². The molecule has 1 heterocycles. The van der Waals surface area contributed by atoms with Crippen molar-refractivity contribution >= 4 is 11.8 Å². The van der Waals surface area contributed by atoms with Crippen molar-refractivity contribution in [1.29, 1.82) is 0 Å². The Morgan fingerprint density at radius 1 is 1.33 bits per heavy atom. The molecule has 5 nitrogen and oxygen atoms in total. The second-order valence-corrected chi connectivity index (χ2v) is 8.04. The number of phenolic OH excluding ortho intramolecular Hbond substituents is 1. The molecule has 1 aliphatic heterocycles. The van der Waals surface area contributed by atoms with Crippen LogP contribution in [0.2, 0.25) is 0 Å². The Morgan fingerprint density at radius 2 is 2.00 bits per heavy atom. The largest absolute Gasteiger partial charge is 0.508 e. The quantitative estimate of drug-likeness (QED) is 0.867. The zero-order valence-electron chi connectivity index (χ0n) is 14.5. The third-order valence-electron chi connectivity index (χ3n) is 5.68. The summed E-state index contributed by atoms with van der Waals surface area (Å²) in [5, 5.41) is 20.0. The van der Waals surface area contributed by atoms with Gasteiger partial charge in [-0.15, -0.1) is 0 Å². The Balaban J connectivity index is 2.15. The van der Waals surface area contributed by atoms with Gasteiger partial charge in [0.2, 0.25) is 0 Å². The van der Waals surface area contributed by atoms with Gasteiger partial charge in [-0.3, -0.25) is 9.59 Å². The Labute approximate surface area is 141 Å². The van der Waals surface area contributed by atoms with Gasteiger partial charge in [0.15, 0.2) is 0 Å². The number of carbonyl (C=O) groups is 2. The highest BCUT2D eigenvalue weighted by Crippen LogP contribution is 2.54. The number of ketones is 1. The fraction of sp³-hybridized carbons (Fsp3) is 0.579. The highest BCUT2D eigenvalue weighted by atomic mass is 16.5. The fourth-order valence-electron chi connectivity index (χ4n) is 4.06. The number of fused-ring (bicyclic) bond motifs is 3. The van der Waals surface area contributed by atoms with Crippen molar-refractivity contribution in [3.63, 3.8) is 0 Å². The topological polar surface area (TPSA) is 83.8 Å². The molecule has 0 saturated heterocycles. The maximum Gasteiger partial charge on any atom is 0.313 e. The molecule has 1 fully saturated rings. The van der Waals surface area contributed by atoms with Gasteiger partial charge >= 0.3 is 5.97 Å². The number of phenols is 1. The van der Waals surface area contributed by atoms with Crippen LogP contribution < -0.4 is 4.74 Å². The highest BCUT2D eigenvalue weighted by Gasteiger charge is 2.48. The van der Waals surface area contributed by atoms with E-state index >= 15 is 0 Å². The molecular weight excluding hydrogens is 308 g/mol. The fourth-order valence-corrected chi connectivity index (χ4v) is 4.06. The van der Waals surface area contributed by atoms with Crippen LogP contribution in [0.25, 0.3) is 0 Å². The number of aromatic hydroxyl groups is 1. The van der Waals surface area contributed by atoms with Gasteiger partial charge in [0.05, 0.1) is 5.41 Å². The lowest BCUT2D eigenvalue weighted by atomic mass is 9.66. The molecule has 2 atom stereocenters. The van der Waals surface area contributed by atoms with Crippen molar-refractivity contribution in [1.82, 2.24) is 0 Å². The molecule has 0 spiro atoms. The molecule has 0 aromatic heterocycles. The van der Waals surface area contributed by atoms with Gasteiger partial charge < -0.3 is 14.9 Å². The Bertz CT molecular complexity index is 717. The van der Waals surface area contributed by atoms with Crippen molar-refractivity contribution in [2.75, 3.05) is 0 Å². The van der Waals surface area contributed by atoms with Gasteiger partial charge in [0.1, 0.15) is 22.9 Å². The minimum absolute atomic E-state index is 0.0250. The molecule has 1 aromatic carbocycles. The summed E-state index contributed by atoms with van der Waals surface area (Å²) in [6.07, 6.45) is 1.70. The van der Waals surface area contributed by atoms with Crippen LogP contribution in [0.5, 0.6) is 11.5 Å². The number of aliphatic carboxylic acids is 1. The standard InChI is InChI=1S/C19H24O5/c1-18(2,17(22)23)10-7-14(21)16-12-9-11(20)5-6-13(12)19(3,4)24-15(16)8-10/h7-8,12-13,21H,5-6,9H2,1-4H3,(H,22,23)/t12-,13?/m1/s1. The number of hydrogen-bond acceptors (Lipinski definition) is 4. The summed E-state index contributed by atoms with van der Waals surface area (Å²) in [5.41, 5.74) is -0.462. The number of carboxylic acid groups (broad SMARTS) is 1. The highest BCUT2D eigenvalue weighted by molar-refractivity contribution is 5.82. The molecule has 5 heteroatoms. The van der Waals surface area contributed by atoms with E-state index < -0.39 is 17.0 Å². The molecule has 0 amide bonds. The molecule has 0 bridgehead atoms. The van der Waals surface area contributed by atoms with E-state index in [-0.39, 0.29) is 23.4 Å². The number of benzene rings is 1. The second kappa shape index (κ2) is 5.23. The van der Waals surface area contributed by atoms with E-state index in [1.807, 2.05) is 13.8 Å². The predicted octanol–water partition coefficient (Wildman–Crippen LogP) is 3.38. The summed E-state index contributed by atoms with van der Waals surface area (Å²) in [6, 6.07) is 3.21. The third kappa shape index (κ3) is 2.46. The summed E-state index contributed by atoms with van der Waals surface area (Å²) >= 11 is 0. The number of ether oxygens (including phenoxy) is 1. The number of carboxylic acids is 1. The first-order valence-electron chi connectivity index (χ1n) is 8.35. The van der Waals surface area contributed by atoms with Crippen molar-refractivity contribution in [3.8, 4) is 11.5 Å². The van der Waals surface area contributed by atoms with Crippen LogP contribution in [0.15, 0.2) is 12.1 Å². The molecule has 2 N–H and O–H groups in total. The molecule has 1 aromatic rings. The van der Waals surface area contributed by atoms with E-state index in [0.29, 0.717) is 29.7 Å². The smallest absolute Gasteiger partial charge is 0.313 e. The average Bonchev–Trinajstić information content (AvgIpc) is 2.45. The van der Waals surface area contributed by atoms with Gasteiger partial charge in [-0.1, -0.05) is 0 Å². The maximum absolute atomic E-state index is 12.0. The summed E-state index contributed by atoms with van der Waals surface area (Å²) in [7, 11) is 0. The summed E-state index contributed by atoms with van der Waals surface area (Å²) in [5.74, 6) is -0.159. The van der Waals surface area contributed by atoms with Crippen LogP contribution >= 0.6 is 0 Å². The number of carbonyl (C=O) groups excluding carboxylic acids is 1. The lowest BCUT2D eigenvalue weighted by molar-refractivity contribution is -0.142.